The quantitative estimate of drug-likeness (QED) is 0.401. The molecule has 0 aromatic rings. The number of esters is 1. The summed E-state index contributed by atoms with van der Waals surface area (Å²) in [5.41, 5.74) is -0.338. The van der Waals surface area contributed by atoms with Crippen molar-refractivity contribution >= 4 is 18.0 Å². The van der Waals surface area contributed by atoms with Gasteiger partial charge in [0.05, 0.1) is 6.42 Å². The van der Waals surface area contributed by atoms with Crippen LogP contribution in [0.4, 0.5) is 4.79 Å². The summed E-state index contributed by atoms with van der Waals surface area (Å²) in [4.78, 5) is 34.4. The Balaban J connectivity index is 3.70. The van der Waals surface area contributed by atoms with Crippen molar-refractivity contribution < 1.29 is 23.9 Å². The first kappa shape index (κ1) is 22.2. The van der Waals surface area contributed by atoms with Crippen LogP contribution in [0, 0.1) is 5.41 Å². The second-order valence-corrected chi connectivity index (χ2v) is 7.85. The lowest BCUT2D eigenvalue weighted by atomic mass is 9.91. The zero-order chi connectivity index (χ0) is 18.8. The van der Waals surface area contributed by atoms with E-state index in [1.165, 1.54) is 0 Å². The smallest absolute Gasteiger partial charge is 0.408 e. The van der Waals surface area contributed by atoms with E-state index in [4.69, 9.17) is 9.47 Å². The van der Waals surface area contributed by atoms with Crippen molar-refractivity contribution in [1.82, 2.24) is 10.6 Å². The minimum absolute atomic E-state index is 0.00846. The average Bonchev–Trinajstić information content (AvgIpc) is 2.38. The topological polar surface area (TPSA) is 93.7 Å². The molecule has 0 rings (SSSR count). The van der Waals surface area contributed by atoms with Crippen LogP contribution in [0.1, 0.15) is 67.2 Å². The van der Waals surface area contributed by atoms with Crippen molar-refractivity contribution in [3.8, 4) is 0 Å². The number of hydrogen-bond donors (Lipinski definition) is 2. The fraction of sp³-hybridized carbons (Fsp3) is 0.824. The molecule has 0 bridgehead atoms. The van der Waals surface area contributed by atoms with Gasteiger partial charge in [0.15, 0.2) is 6.73 Å². The van der Waals surface area contributed by atoms with Gasteiger partial charge in [-0.3, -0.25) is 9.59 Å². The zero-order valence-electron chi connectivity index (χ0n) is 15.8. The molecule has 0 fully saturated rings. The average molecular weight is 344 g/mol. The molecular weight excluding hydrogens is 312 g/mol. The van der Waals surface area contributed by atoms with E-state index in [1.807, 2.05) is 0 Å². The number of amides is 2. The van der Waals surface area contributed by atoms with Crippen LogP contribution in [0.15, 0.2) is 0 Å². The lowest BCUT2D eigenvalue weighted by Gasteiger charge is -2.19. The number of rotatable bonds is 8. The van der Waals surface area contributed by atoms with Crippen LogP contribution in [-0.2, 0) is 19.1 Å². The lowest BCUT2D eigenvalue weighted by Crippen LogP contribution is -2.33. The summed E-state index contributed by atoms with van der Waals surface area (Å²) < 4.78 is 9.93. The van der Waals surface area contributed by atoms with E-state index in [-0.39, 0.29) is 30.9 Å². The summed E-state index contributed by atoms with van der Waals surface area (Å²) in [5, 5.41) is 5.04. The molecule has 0 radical (unpaired) electrons. The molecule has 2 N–H and O–H groups in total. The van der Waals surface area contributed by atoms with Crippen LogP contribution < -0.4 is 10.6 Å². The monoisotopic (exact) mass is 344 g/mol. The first-order chi connectivity index (χ1) is 10.9. The largest absolute Gasteiger partial charge is 0.460 e. The van der Waals surface area contributed by atoms with Crippen molar-refractivity contribution in [2.75, 3.05) is 13.3 Å². The predicted molar refractivity (Wildman–Crippen MR) is 91.3 cm³/mol. The zero-order valence-corrected chi connectivity index (χ0v) is 15.8. The van der Waals surface area contributed by atoms with E-state index in [9.17, 15) is 14.4 Å². The number of carbonyl (C=O) groups excluding carboxylic acids is 3. The van der Waals surface area contributed by atoms with E-state index in [2.05, 4.69) is 31.4 Å². The van der Waals surface area contributed by atoms with Crippen LogP contribution in [0.25, 0.3) is 0 Å². The molecule has 0 spiro atoms. The van der Waals surface area contributed by atoms with Gasteiger partial charge < -0.3 is 20.1 Å². The van der Waals surface area contributed by atoms with Gasteiger partial charge in [0.1, 0.15) is 5.60 Å². The Bertz CT molecular complexity index is 422. The second-order valence-electron chi connectivity index (χ2n) is 7.85. The molecule has 2 amide bonds. The first-order valence-electron chi connectivity index (χ1n) is 8.28. The van der Waals surface area contributed by atoms with Crippen molar-refractivity contribution in [2.24, 2.45) is 5.41 Å². The van der Waals surface area contributed by atoms with Gasteiger partial charge in [-0.15, -0.1) is 0 Å². The van der Waals surface area contributed by atoms with Crippen LogP contribution in [0.2, 0.25) is 0 Å². The predicted octanol–water partition coefficient (Wildman–Crippen LogP) is 2.73. The van der Waals surface area contributed by atoms with Crippen LogP contribution >= 0.6 is 0 Å². The summed E-state index contributed by atoms with van der Waals surface area (Å²) in [6, 6.07) is 0. The van der Waals surface area contributed by atoms with Gasteiger partial charge in [0.25, 0.3) is 0 Å². The molecule has 0 aliphatic rings. The Kier molecular flexibility index (Phi) is 9.40. The van der Waals surface area contributed by atoms with Crippen molar-refractivity contribution in [2.45, 2.75) is 72.8 Å². The summed E-state index contributed by atoms with van der Waals surface area (Å²) in [6.45, 7) is 12.0. The number of ether oxygens (including phenoxy) is 2. The molecule has 0 aliphatic carbocycles. The van der Waals surface area contributed by atoms with Gasteiger partial charge in [-0.25, -0.2) is 4.79 Å². The normalized spacial score (nSPS) is 11.6. The minimum Gasteiger partial charge on any atom is -0.460 e. The lowest BCUT2D eigenvalue weighted by molar-refractivity contribution is -0.155. The molecule has 0 aliphatic heterocycles. The number of alkyl carbamates (subject to hydrolysis) is 1. The maximum atomic E-state index is 11.5. The third-order valence-corrected chi connectivity index (χ3v) is 2.82. The molecule has 140 valence electrons. The summed E-state index contributed by atoms with van der Waals surface area (Å²) in [5.74, 6) is -0.809. The highest BCUT2D eigenvalue weighted by atomic mass is 16.6. The number of carbonyl (C=O) groups is 3. The van der Waals surface area contributed by atoms with Crippen molar-refractivity contribution in [3.05, 3.63) is 0 Å². The van der Waals surface area contributed by atoms with Crippen LogP contribution in [-0.4, -0.2) is 36.8 Å². The summed E-state index contributed by atoms with van der Waals surface area (Å²) in [6.07, 6.45) is 1.26. The molecular formula is C17H32N2O5. The van der Waals surface area contributed by atoms with Gasteiger partial charge in [0, 0.05) is 13.0 Å². The van der Waals surface area contributed by atoms with Gasteiger partial charge in [-0.2, -0.15) is 0 Å². The van der Waals surface area contributed by atoms with E-state index in [0.717, 1.165) is 12.8 Å². The first-order valence-corrected chi connectivity index (χ1v) is 8.28. The van der Waals surface area contributed by atoms with Crippen LogP contribution in [0.5, 0.6) is 0 Å². The fourth-order valence-corrected chi connectivity index (χ4v) is 1.74. The molecule has 0 saturated carbocycles. The molecule has 0 saturated heterocycles. The Morgan fingerprint density at radius 2 is 1.54 bits per heavy atom. The SMILES string of the molecule is CC(C)(C)CCCNC(=O)OCNC(=O)CCC(=O)OC(C)(C)C. The van der Waals surface area contributed by atoms with E-state index < -0.39 is 17.7 Å². The molecule has 0 aromatic heterocycles. The maximum absolute atomic E-state index is 11.5. The Morgan fingerprint density at radius 1 is 0.917 bits per heavy atom. The van der Waals surface area contributed by atoms with Crippen molar-refractivity contribution in [1.29, 1.82) is 0 Å². The molecule has 7 heteroatoms. The third kappa shape index (κ3) is 15.1. The van der Waals surface area contributed by atoms with Crippen LogP contribution in [0.3, 0.4) is 0 Å². The van der Waals surface area contributed by atoms with E-state index >= 15 is 0 Å². The summed E-state index contributed by atoms with van der Waals surface area (Å²) in [7, 11) is 0. The Hall–Kier alpha value is -1.79. The molecule has 24 heavy (non-hydrogen) atoms. The Morgan fingerprint density at radius 3 is 2.08 bits per heavy atom. The van der Waals surface area contributed by atoms with Crippen molar-refractivity contribution in [3.63, 3.8) is 0 Å². The number of nitrogens with one attached hydrogen (secondary N) is 2. The highest BCUT2D eigenvalue weighted by Gasteiger charge is 2.17. The molecule has 0 aromatic carbocycles. The van der Waals surface area contributed by atoms with E-state index in [1.54, 1.807) is 20.8 Å². The highest BCUT2D eigenvalue weighted by molar-refractivity contribution is 5.81. The second kappa shape index (κ2) is 10.2. The molecule has 0 heterocycles. The molecule has 7 nitrogen and oxygen atoms in total. The van der Waals surface area contributed by atoms with Gasteiger partial charge in [-0.05, 0) is 39.0 Å². The van der Waals surface area contributed by atoms with E-state index in [0.29, 0.717) is 6.54 Å². The maximum Gasteiger partial charge on any atom is 0.408 e. The fourth-order valence-electron chi connectivity index (χ4n) is 1.74. The van der Waals surface area contributed by atoms with Gasteiger partial charge >= 0.3 is 12.1 Å². The Labute approximate surface area is 144 Å². The third-order valence-electron chi connectivity index (χ3n) is 2.82. The van der Waals surface area contributed by atoms with Gasteiger partial charge in [0.2, 0.25) is 5.91 Å². The minimum atomic E-state index is -0.573. The van der Waals surface area contributed by atoms with Gasteiger partial charge in [-0.1, -0.05) is 20.8 Å². The highest BCUT2D eigenvalue weighted by Crippen LogP contribution is 2.19. The molecule has 0 atom stereocenters. The summed E-state index contributed by atoms with van der Waals surface area (Å²) >= 11 is 0. The molecule has 0 unspecified atom stereocenters. The standard InChI is InChI=1S/C17H32N2O5/c1-16(2,3)10-7-11-18-15(22)23-12-19-13(20)8-9-14(21)24-17(4,5)6/h7-12H2,1-6H3,(H,18,22)(H,19,20). The number of hydrogen-bond acceptors (Lipinski definition) is 5.